The maximum atomic E-state index is 12.9. The van der Waals surface area contributed by atoms with Crippen LogP contribution >= 0.6 is 11.6 Å². The number of amides is 1. The highest BCUT2D eigenvalue weighted by molar-refractivity contribution is 6.33. The van der Waals surface area contributed by atoms with Crippen LogP contribution in [-0.2, 0) is 0 Å². The van der Waals surface area contributed by atoms with E-state index in [-0.39, 0.29) is 29.2 Å². The molecule has 19 heavy (non-hydrogen) atoms. The van der Waals surface area contributed by atoms with Crippen LogP contribution in [0.4, 0.5) is 4.39 Å². The minimum Gasteiger partial charge on any atom is -0.396 e. The molecule has 0 radical (unpaired) electrons. The lowest BCUT2D eigenvalue weighted by Crippen LogP contribution is -2.33. The first-order valence-corrected chi connectivity index (χ1v) is 6.44. The molecule has 1 aliphatic rings. The van der Waals surface area contributed by atoms with Gasteiger partial charge in [0.1, 0.15) is 5.82 Å². The number of benzene rings is 1. The fourth-order valence-electron chi connectivity index (χ4n) is 2.35. The highest BCUT2D eigenvalue weighted by Crippen LogP contribution is 2.26. The molecule has 1 amide bonds. The van der Waals surface area contributed by atoms with Crippen molar-refractivity contribution in [3.8, 4) is 0 Å². The number of halogens is 2. The molecule has 2 rings (SSSR count). The number of aliphatic hydroxyl groups excluding tert-OH is 2. The van der Waals surface area contributed by atoms with Crippen molar-refractivity contribution in [2.24, 2.45) is 5.92 Å². The molecule has 3 atom stereocenters. The summed E-state index contributed by atoms with van der Waals surface area (Å²) in [5, 5.41) is 21.5. The summed E-state index contributed by atoms with van der Waals surface area (Å²) in [6, 6.07) is 3.36. The molecule has 3 N–H and O–H groups in total. The number of hydrogen-bond donors (Lipinski definition) is 3. The molecule has 1 aromatic carbocycles. The molecule has 6 heteroatoms. The molecule has 0 unspecified atom stereocenters. The first-order chi connectivity index (χ1) is 9.01. The molecule has 0 aromatic heterocycles. The smallest absolute Gasteiger partial charge is 0.253 e. The summed E-state index contributed by atoms with van der Waals surface area (Å²) in [7, 11) is 0. The molecule has 0 saturated heterocycles. The quantitative estimate of drug-likeness (QED) is 0.786. The van der Waals surface area contributed by atoms with Crippen LogP contribution < -0.4 is 5.32 Å². The Morgan fingerprint density at radius 2 is 2.21 bits per heavy atom. The van der Waals surface area contributed by atoms with Gasteiger partial charge in [0.05, 0.1) is 16.7 Å². The fourth-order valence-corrected chi connectivity index (χ4v) is 2.61. The Balaban J connectivity index is 2.02. The van der Waals surface area contributed by atoms with Gasteiger partial charge in [-0.25, -0.2) is 4.39 Å². The number of nitrogens with one attached hydrogen (secondary N) is 1. The molecule has 0 spiro atoms. The number of carbonyl (C=O) groups is 1. The summed E-state index contributed by atoms with van der Waals surface area (Å²) in [5.41, 5.74) is 0.199. The third kappa shape index (κ3) is 3.23. The van der Waals surface area contributed by atoms with Gasteiger partial charge in [-0.05, 0) is 31.0 Å². The third-order valence-electron chi connectivity index (χ3n) is 3.40. The van der Waals surface area contributed by atoms with Gasteiger partial charge < -0.3 is 15.5 Å². The molecule has 1 saturated carbocycles. The van der Waals surface area contributed by atoms with E-state index >= 15 is 0 Å². The summed E-state index contributed by atoms with van der Waals surface area (Å²) in [6.45, 7) is -0.106. The Morgan fingerprint density at radius 3 is 2.79 bits per heavy atom. The van der Waals surface area contributed by atoms with Gasteiger partial charge in [0, 0.05) is 18.6 Å². The second-order valence-corrected chi connectivity index (χ2v) is 5.18. The fraction of sp³-hybridized carbons (Fsp3) is 0.462. The number of carbonyl (C=O) groups excluding carboxylic acids is 1. The molecule has 1 fully saturated rings. The van der Waals surface area contributed by atoms with Crippen molar-refractivity contribution in [1.82, 2.24) is 5.32 Å². The van der Waals surface area contributed by atoms with E-state index in [1.807, 2.05) is 0 Å². The third-order valence-corrected chi connectivity index (χ3v) is 3.72. The van der Waals surface area contributed by atoms with Crippen molar-refractivity contribution in [1.29, 1.82) is 0 Å². The maximum absolute atomic E-state index is 12.9. The van der Waals surface area contributed by atoms with E-state index in [4.69, 9.17) is 16.7 Å². The Kier molecular flexibility index (Phi) is 4.39. The van der Waals surface area contributed by atoms with E-state index in [0.717, 1.165) is 6.07 Å². The zero-order valence-corrected chi connectivity index (χ0v) is 10.9. The molecule has 0 aliphatic heterocycles. The van der Waals surface area contributed by atoms with Gasteiger partial charge in [-0.3, -0.25) is 4.79 Å². The minimum atomic E-state index is -0.612. The van der Waals surface area contributed by atoms with Gasteiger partial charge >= 0.3 is 0 Å². The van der Waals surface area contributed by atoms with Crippen LogP contribution in [0.3, 0.4) is 0 Å². The molecular weight excluding hydrogens is 273 g/mol. The van der Waals surface area contributed by atoms with Crippen molar-refractivity contribution in [2.45, 2.75) is 25.0 Å². The molecule has 104 valence electrons. The first-order valence-electron chi connectivity index (χ1n) is 6.06. The van der Waals surface area contributed by atoms with Gasteiger partial charge in [-0.2, -0.15) is 0 Å². The van der Waals surface area contributed by atoms with Crippen LogP contribution in [0.1, 0.15) is 23.2 Å². The Labute approximate surface area is 115 Å². The van der Waals surface area contributed by atoms with E-state index in [1.165, 1.54) is 12.1 Å². The topological polar surface area (TPSA) is 69.6 Å². The standard InChI is InChI=1S/C13H15ClFNO3/c14-11-4-8(15)1-2-10(11)13(19)16-9-3-7(6-17)12(18)5-9/h1-2,4,7,9,12,17-18H,3,5-6H2,(H,16,19)/t7-,9+,12+/m1/s1. The average molecular weight is 288 g/mol. The van der Waals surface area contributed by atoms with Crippen LogP contribution in [-0.4, -0.2) is 34.9 Å². The Bertz CT molecular complexity index is 483. The van der Waals surface area contributed by atoms with Gasteiger partial charge in [0.25, 0.3) is 5.91 Å². The predicted octanol–water partition coefficient (Wildman–Crippen LogP) is 1.34. The second kappa shape index (κ2) is 5.86. The highest BCUT2D eigenvalue weighted by Gasteiger charge is 2.33. The molecular formula is C13H15ClFNO3. The zero-order valence-electron chi connectivity index (χ0n) is 10.1. The monoisotopic (exact) mass is 287 g/mol. The largest absolute Gasteiger partial charge is 0.396 e. The van der Waals surface area contributed by atoms with Crippen molar-refractivity contribution < 1.29 is 19.4 Å². The molecule has 1 aliphatic carbocycles. The summed E-state index contributed by atoms with van der Waals surface area (Å²) in [5.74, 6) is -1.12. The zero-order chi connectivity index (χ0) is 14.0. The van der Waals surface area contributed by atoms with Gasteiger partial charge in [-0.15, -0.1) is 0 Å². The first kappa shape index (κ1) is 14.2. The average Bonchev–Trinajstić information content (AvgIpc) is 2.69. The predicted molar refractivity (Wildman–Crippen MR) is 68.5 cm³/mol. The van der Waals surface area contributed by atoms with Crippen LogP contribution in [0.2, 0.25) is 5.02 Å². The maximum Gasteiger partial charge on any atom is 0.253 e. The summed E-state index contributed by atoms with van der Waals surface area (Å²) >= 11 is 5.80. The highest BCUT2D eigenvalue weighted by atomic mass is 35.5. The normalized spacial score (nSPS) is 26.4. The number of hydrogen-bond acceptors (Lipinski definition) is 3. The summed E-state index contributed by atoms with van der Waals surface area (Å²) in [6.07, 6.45) is 0.303. The molecule has 4 nitrogen and oxygen atoms in total. The Morgan fingerprint density at radius 1 is 1.47 bits per heavy atom. The SMILES string of the molecule is O=C(N[C@H]1C[C@H](CO)[C@@H](O)C1)c1ccc(F)cc1Cl. The molecule has 1 aromatic rings. The van der Waals surface area contributed by atoms with Gasteiger partial charge in [-0.1, -0.05) is 11.6 Å². The van der Waals surface area contributed by atoms with Crippen molar-refractivity contribution in [3.63, 3.8) is 0 Å². The lowest BCUT2D eigenvalue weighted by Gasteiger charge is -2.13. The van der Waals surface area contributed by atoms with Gasteiger partial charge in [0.15, 0.2) is 0 Å². The Hall–Kier alpha value is -1.17. The van der Waals surface area contributed by atoms with Gasteiger partial charge in [0.2, 0.25) is 0 Å². The van der Waals surface area contributed by atoms with Crippen LogP contribution in [0, 0.1) is 11.7 Å². The lowest BCUT2D eigenvalue weighted by molar-refractivity contribution is 0.0903. The van der Waals surface area contributed by atoms with Crippen LogP contribution in [0.15, 0.2) is 18.2 Å². The van der Waals surface area contributed by atoms with E-state index in [0.29, 0.717) is 12.8 Å². The summed E-state index contributed by atoms with van der Waals surface area (Å²) in [4.78, 5) is 12.0. The van der Waals surface area contributed by atoms with Crippen LogP contribution in [0.5, 0.6) is 0 Å². The van der Waals surface area contributed by atoms with E-state index < -0.39 is 17.8 Å². The van der Waals surface area contributed by atoms with E-state index in [1.54, 1.807) is 0 Å². The lowest BCUT2D eigenvalue weighted by atomic mass is 10.1. The van der Waals surface area contributed by atoms with Crippen LogP contribution in [0.25, 0.3) is 0 Å². The summed E-state index contributed by atoms with van der Waals surface area (Å²) < 4.78 is 12.9. The molecule has 0 bridgehead atoms. The second-order valence-electron chi connectivity index (χ2n) is 4.78. The number of aliphatic hydroxyl groups is 2. The van der Waals surface area contributed by atoms with E-state index in [2.05, 4.69) is 5.32 Å². The van der Waals surface area contributed by atoms with Crippen molar-refractivity contribution in [2.75, 3.05) is 6.61 Å². The number of rotatable bonds is 3. The van der Waals surface area contributed by atoms with Crippen molar-refractivity contribution in [3.05, 3.63) is 34.6 Å². The van der Waals surface area contributed by atoms with E-state index in [9.17, 15) is 14.3 Å². The molecule has 0 heterocycles. The minimum absolute atomic E-state index is 0.0507. The van der Waals surface area contributed by atoms with Crippen molar-refractivity contribution >= 4 is 17.5 Å².